The van der Waals surface area contributed by atoms with Gasteiger partial charge in [0.2, 0.25) is 27.8 Å². The molecule has 18 nitrogen and oxygen atoms in total. The van der Waals surface area contributed by atoms with Gasteiger partial charge >= 0.3 is 0 Å². The minimum atomic E-state index is -3.53. The highest BCUT2D eigenvalue weighted by Gasteiger charge is 2.45. The maximum absolute atomic E-state index is 13.4. The average Bonchev–Trinajstić information content (AvgIpc) is 3.77. The summed E-state index contributed by atoms with van der Waals surface area (Å²) in [4.78, 5) is 59.7. The largest absolute Gasteiger partial charge is 0.489 e. The number of carbonyl (C=O) groups is 4. The summed E-state index contributed by atoms with van der Waals surface area (Å²) in [5.41, 5.74) is 3.06. The zero-order chi connectivity index (χ0) is 42.8. The van der Waals surface area contributed by atoms with Crippen LogP contribution in [0.3, 0.4) is 0 Å². The highest BCUT2D eigenvalue weighted by atomic mass is 35.5. The van der Waals surface area contributed by atoms with Crippen LogP contribution in [0.25, 0.3) is 0 Å². The van der Waals surface area contributed by atoms with Gasteiger partial charge in [0.25, 0.3) is 11.8 Å². The van der Waals surface area contributed by atoms with Crippen LogP contribution in [0, 0.1) is 11.3 Å². The Labute approximate surface area is 348 Å². The van der Waals surface area contributed by atoms with Crippen LogP contribution in [-0.4, -0.2) is 80.8 Å². The molecule has 0 spiro atoms. The van der Waals surface area contributed by atoms with Gasteiger partial charge in [0.05, 0.1) is 52.9 Å². The van der Waals surface area contributed by atoms with E-state index in [1.807, 2.05) is 26.0 Å². The third kappa shape index (κ3) is 8.89. The van der Waals surface area contributed by atoms with Gasteiger partial charge in [-0.3, -0.25) is 34.1 Å². The van der Waals surface area contributed by atoms with E-state index in [1.165, 1.54) is 12.3 Å². The first-order chi connectivity index (χ1) is 28.6. The van der Waals surface area contributed by atoms with E-state index in [9.17, 15) is 32.9 Å². The zero-order valence-corrected chi connectivity index (χ0v) is 34.0. The number of amides is 4. The van der Waals surface area contributed by atoms with Crippen LogP contribution in [0.15, 0.2) is 73.1 Å². The predicted molar refractivity (Wildman–Crippen MR) is 216 cm³/mol. The molecule has 1 saturated heterocycles. The number of nitriles is 1. The molecular formula is C40H37ClN10O8S. The molecule has 5 aromatic rings. The Hall–Kier alpha value is -6.91. The Kier molecular flexibility index (Phi) is 11.5. The van der Waals surface area contributed by atoms with E-state index >= 15 is 0 Å². The molecule has 0 saturated carbocycles. The number of anilines is 2. The SMILES string of the molecule is CC(C)(c1ccc(OCc2ccnc(NS(C)(=O)=O)n2)cc1)c1cc(Cl)c(OCCn2cc(CNc3cccc4c3C(=O)N(C3CCC(=O)NC3=O)C4=O)nn2)c(C#N)c1. The number of hydrogen-bond donors (Lipinski definition) is 3. The fraction of sp³-hybridized carbons (Fsp3) is 0.275. The molecule has 3 N–H and O–H groups in total. The Morgan fingerprint density at radius 1 is 1.02 bits per heavy atom. The average molecular weight is 853 g/mol. The molecule has 3 aromatic carbocycles. The number of aromatic nitrogens is 5. The van der Waals surface area contributed by atoms with Crippen LogP contribution in [0.2, 0.25) is 5.02 Å². The van der Waals surface area contributed by atoms with Gasteiger partial charge in [0, 0.05) is 23.7 Å². The topological polar surface area (TPSA) is 240 Å². The monoisotopic (exact) mass is 852 g/mol. The molecule has 4 amide bonds. The summed E-state index contributed by atoms with van der Waals surface area (Å²) in [6.07, 6.45) is 4.21. The third-order valence-corrected chi connectivity index (χ3v) is 10.8. The van der Waals surface area contributed by atoms with Gasteiger partial charge in [-0.2, -0.15) is 5.26 Å². The first kappa shape index (κ1) is 41.3. The van der Waals surface area contributed by atoms with Crippen molar-refractivity contribution >= 4 is 56.9 Å². The van der Waals surface area contributed by atoms with Crippen molar-refractivity contribution in [2.24, 2.45) is 0 Å². The summed E-state index contributed by atoms with van der Waals surface area (Å²) < 4.78 is 38.7. The van der Waals surface area contributed by atoms with Gasteiger partial charge in [0.1, 0.15) is 36.8 Å². The lowest BCUT2D eigenvalue weighted by Crippen LogP contribution is -2.54. The Morgan fingerprint density at radius 2 is 1.80 bits per heavy atom. The summed E-state index contributed by atoms with van der Waals surface area (Å²) in [7, 11) is -3.53. The van der Waals surface area contributed by atoms with Crippen LogP contribution in [0.5, 0.6) is 11.5 Å². The second-order valence-electron chi connectivity index (χ2n) is 14.5. The van der Waals surface area contributed by atoms with Gasteiger partial charge in [-0.1, -0.05) is 48.9 Å². The Balaban J connectivity index is 0.941. The highest BCUT2D eigenvalue weighted by molar-refractivity contribution is 7.92. The smallest absolute Gasteiger partial charge is 0.264 e. The number of hydrogen-bond acceptors (Lipinski definition) is 14. The zero-order valence-electron chi connectivity index (χ0n) is 32.4. The molecular weight excluding hydrogens is 816 g/mol. The van der Waals surface area contributed by atoms with E-state index in [0.29, 0.717) is 22.8 Å². The summed E-state index contributed by atoms with van der Waals surface area (Å²) in [5.74, 6) is -1.61. The van der Waals surface area contributed by atoms with Gasteiger partial charge in [-0.15, -0.1) is 5.10 Å². The summed E-state index contributed by atoms with van der Waals surface area (Å²) in [5, 5.41) is 24.0. The fourth-order valence-corrected chi connectivity index (χ4v) is 7.49. The number of nitrogens with zero attached hydrogens (tertiary/aromatic N) is 7. The molecule has 4 heterocycles. The van der Waals surface area contributed by atoms with Crippen LogP contribution in [0.1, 0.15) is 75.5 Å². The maximum Gasteiger partial charge on any atom is 0.264 e. The van der Waals surface area contributed by atoms with Crippen molar-refractivity contribution in [2.75, 3.05) is 22.9 Å². The molecule has 2 aliphatic heterocycles. The van der Waals surface area contributed by atoms with E-state index in [0.717, 1.165) is 22.3 Å². The van der Waals surface area contributed by atoms with Crippen molar-refractivity contribution in [2.45, 2.75) is 57.8 Å². The van der Waals surface area contributed by atoms with E-state index in [2.05, 4.69) is 41.7 Å². The predicted octanol–water partition coefficient (Wildman–Crippen LogP) is 3.96. The normalized spacial score (nSPS) is 15.3. The Bertz CT molecular complexity index is 2680. The fourth-order valence-electron chi connectivity index (χ4n) is 6.79. The third-order valence-electron chi connectivity index (χ3n) is 9.92. The molecule has 7 rings (SSSR count). The number of rotatable bonds is 15. The number of imide groups is 2. The van der Waals surface area contributed by atoms with Gasteiger partial charge in [-0.25, -0.2) is 23.1 Å². The van der Waals surface area contributed by atoms with E-state index < -0.39 is 45.1 Å². The molecule has 1 fully saturated rings. The second-order valence-corrected chi connectivity index (χ2v) is 16.6. The number of benzene rings is 3. The van der Waals surface area contributed by atoms with Gasteiger partial charge < -0.3 is 14.8 Å². The number of carbonyl (C=O) groups excluding carboxylic acids is 4. The summed E-state index contributed by atoms with van der Waals surface area (Å²) >= 11 is 6.72. The quantitative estimate of drug-likeness (QED) is 0.126. The first-order valence-electron chi connectivity index (χ1n) is 18.5. The molecule has 0 aliphatic carbocycles. The molecule has 2 aliphatic rings. The van der Waals surface area contributed by atoms with Gasteiger partial charge in [0.15, 0.2) is 5.75 Å². The molecule has 60 heavy (non-hydrogen) atoms. The van der Waals surface area contributed by atoms with Crippen molar-refractivity contribution in [3.63, 3.8) is 0 Å². The van der Waals surface area contributed by atoms with E-state index in [4.69, 9.17) is 21.1 Å². The van der Waals surface area contributed by atoms with Crippen LogP contribution < -0.4 is 24.8 Å². The lowest BCUT2D eigenvalue weighted by atomic mass is 9.77. The number of piperidine rings is 1. The second kappa shape index (κ2) is 16.8. The summed E-state index contributed by atoms with van der Waals surface area (Å²) in [6.45, 7) is 4.62. The van der Waals surface area contributed by atoms with Crippen molar-refractivity contribution in [3.05, 3.63) is 117 Å². The number of fused-ring (bicyclic) bond motifs is 1. The van der Waals surface area contributed by atoms with E-state index in [1.54, 1.807) is 53.3 Å². The standard InChI is InChI=1S/C40H37ClN10O8S/c1-40(2,24-7-9-28(10-8-24)59-22-26-13-14-43-39(45-26)48-60(3,56)57)25-17-23(19-42)35(30(41)18-25)58-16-15-50-21-27(47-49-50)20-44-31-6-4-5-29-34(31)38(55)51(37(29)54)32-11-12-33(52)46-36(32)53/h4-10,13-14,17-18,21,32,44H,11-12,15-16,20,22H2,1-3H3,(H,43,45,48)(H,46,52,53). The first-order valence-corrected chi connectivity index (χ1v) is 20.8. The van der Waals surface area contributed by atoms with Crippen LogP contribution in [0.4, 0.5) is 11.6 Å². The molecule has 308 valence electrons. The molecule has 2 aromatic heterocycles. The van der Waals surface area contributed by atoms with Crippen molar-refractivity contribution in [3.8, 4) is 17.6 Å². The van der Waals surface area contributed by atoms with Crippen molar-refractivity contribution < 1.29 is 37.1 Å². The molecule has 20 heteroatoms. The Morgan fingerprint density at radius 3 is 2.53 bits per heavy atom. The maximum atomic E-state index is 13.4. The highest BCUT2D eigenvalue weighted by Crippen LogP contribution is 2.39. The molecule has 0 bridgehead atoms. The molecule has 1 atom stereocenters. The molecule has 1 unspecified atom stereocenters. The number of ether oxygens (including phenoxy) is 2. The lowest BCUT2D eigenvalue weighted by molar-refractivity contribution is -0.136. The van der Waals surface area contributed by atoms with Crippen molar-refractivity contribution in [1.82, 2.24) is 35.2 Å². The molecule has 0 radical (unpaired) electrons. The van der Waals surface area contributed by atoms with E-state index in [-0.39, 0.29) is 72.6 Å². The number of nitrogens with one attached hydrogen (secondary N) is 3. The number of sulfonamides is 1. The minimum Gasteiger partial charge on any atom is -0.489 e. The minimum absolute atomic E-state index is 0.0236. The van der Waals surface area contributed by atoms with Crippen LogP contribution >= 0.6 is 11.6 Å². The van der Waals surface area contributed by atoms with Crippen molar-refractivity contribution in [1.29, 1.82) is 5.26 Å². The van der Waals surface area contributed by atoms with Crippen LogP contribution in [-0.2, 0) is 44.7 Å². The van der Waals surface area contributed by atoms with Gasteiger partial charge in [-0.05, 0) is 60.0 Å². The lowest BCUT2D eigenvalue weighted by Gasteiger charge is -2.27. The summed E-state index contributed by atoms with van der Waals surface area (Å²) in [6, 6.07) is 18.5. The number of halogens is 1.